The molecule has 0 spiro atoms. The molecule has 4 nitrogen and oxygen atoms in total. The largest absolute Gasteiger partial charge is 0.463 e. The molecule has 0 bridgehead atoms. The fourth-order valence-corrected chi connectivity index (χ4v) is 1.64. The molecule has 1 aliphatic heterocycles. The minimum Gasteiger partial charge on any atom is -0.463 e. The van der Waals surface area contributed by atoms with Gasteiger partial charge in [-0.15, -0.1) is 0 Å². The van der Waals surface area contributed by atoms with Crippen molar-refractivity contribution in [3.05, 3.63) is 35.9 Å². The zero-order valence-corrected chi connectivity index (χ0v) is 8.89. The Morgan fingerprint density at radius 2 is 1.94 bits per heavy atom. The molecule has 1 aliphatic rings. The van der Waals surface area contributed by atoms with Crippen LogP contribution in [0.2, 0.25) is 0 Å². The summed E-state index contributed by atoms with van der Waals surface area (Å²) in [7, 11) is 0. The van der Waals surface area contributed by atoms with Crippen molar-refractivity contribution in [3.63, 3.8) is 0 Å². The number of hydrogen-bond acceptors (Lipinski definition) is 4. The van der Waals surface area contributed by atoms with Gasteiger partial charge in [0, 0.05) is 13.0 Å². The van der Waals surface area contributed by atoms with Gasteiger partial charge in [0.1, 0.15) is 0 Å². The third kappa shape index (κ3) is 2.08. The summed E-state index contributed by atoms with van der Waals surface area (Å²) in [5, 5.41) is 10.3. The van der Waals surface area contributed by atoms with Gasteiger partial charge in [0.05, 0.1) is 13.2 Å². The molecular formula is C12H14O4. The molecule has 1 saturated heterocycles. The standard InChI is InChI=1S/C12H14O4/c13-11-12(14,9-15-7-4-8-16-11)10-5-2-1-3-6-10/h1-3,5-6,14H,4,7-9H2. The molecule has 1 unspecified atom stereocenters. The van der Waals surface area contributed by atoms with E-state index >= 15 is 0 Å². The average molecular weight is 222 g/mol. The fourth-order valence-electron chi connectivity index (χ4n) is 1.64. The van der Waals surface area contributed by atoms with Gasteiger partial charge >= 0.3 is 5.97 Å². The van der Waals surface area contributed by atoms with E-state index in [1.807, 2.05) is 6.07 Å². The lowest BCUT2D eigenvalue weighted by molar-refractivity contribution is -0.178. The van der Waals surface area contributed by atoms with Crippen LogP contribution in [0.4, 0.5) is 0 Å². The van der Waals surface area contributed by atoms with Crippen molar-refractivity contribution in [3.8, 4) is 0 Å². The number of carbonyl (C=O) groups excluding carboxylic acids is 1. The molecule has 1 aromatic carbocycles. The first-order chi connectivity index (χ1) is 7.73. The summed E-state index contributed by atoms with van der Waals surface area (Å²) in [6.07, 6.45) is 0.663. The zero-order chi connectivity index (χ0) is 11.4. The molecule has 0 saturated carbocycles. The van der Waals surface area contributed by atoms with Crippen LogP contribution >= 0.6 is 0 Å². The smallest absolute Gasteiger partial charge is 0.345 e. The predicted octanol–water partition coefficient (Wildman–Crippen LogP) is 0.838. The van der Waals surface area contributed by atoms with Gasteiger partial charge in [-0.2, -0.15) is 0 Å². The quantitative estimate of drug-likeness (QED) is 0.715. The van der Waals surface area contributed by atoms with E-state index in [1.165, 1.54) is 0 Å². The summed E-state index contributed by atoms with van der Waals surface area (Å²) >= 11 is 0. The third-order valence-corrected chi connectivity index (χ3v) is 2.57. The second-order valence-electron chi connectivity index (χ2n) is 3.77. The first kappa shape index (κ1) is 11.1. The maximum Gasteiger partial charge on any atom is 0.345 e. The molecule has 86 valence electrons. The molecule has 1 heterocycles. The second-order valence-corrected chi connectivity index (χ2v) is 3.77. The fraction of sp³-hybridized carbons (Fsp3) is 0.417. The number of esters is 1. The Hall–Kier alpha value is -1.39. The maximum atomic E-state index is 11.7. The van der Waals surface area contributed by atoms with Crippen LogP contribution in [0.1, 0.15) is 12.0 Å². The van der Waals surface area contributed by atoms with E-state index in [2.05, 4.69) is 0 Å². The predicted molar refractivity (Wildman–Crippen MR) is 56.7 cm³/mol. The van der Waals surface area contributed by atoms with Crippen molar-refractivity contribution in [2.24, 2.45) is 0 Å². The van der Waals surface area contributed by atoms with Crippen molar-refractivity contribution in [2.75, 3.05) is 19.8 Å². The van der Waals surface area contributed by atoms with Gasteiger partial charge in [-0.25, -0.2) is 4.79 Å². The molecule has 0 radical (unpaired) electrons. The molecular weight excluding hydrogens is 208 g/mol. The highest BCUT2D eigenvalue weighted by molar-refractivity contribution is 5.81. The van der Waals surface area contributed by atoms with Gasteiger partial charge in [-0.05, 0) is 5.56 Å². The number of carbonyl (C=O) groups is 1. The molecule has 4 heteroatoms. The number of benzene rings is 1. The Balaban J connectivity index is 2.29. The summed E-state index contributed by atoms with van der Waals surface area (Å²) in [6, 6.07) is 8.72. The van der Waals surface area contributed by atoms with Crippen molar-refractivity contribution in [1.82, 2.24) is 0 Å². The van der Waals surface area contributed by atoms with Gasteiger partial charge < -0.3 is 14.6 Å². The third-order valence-electron chi connectivity index (χ3n) is 2.57. The van der Waals surface area contributed by atoms with E-state index in [1.54, 1.807) is 24.3 Å². The lowest BCUT2D eigenvalue weighted by Gasteiger charge is -2.28. The summed E-state index contributed by atoms with van der Waals surface area (Å²) in [4.78, 5) is 11.7. The van der Waals surface area contributed by atoms with Crippen LogP contribution in [0.5, 0.6) is 0 Å². The minimum absolute atomic E-state index is 0.0597. The van der Waals surface area contributed by atoms with Crippen LogP contribution in [0, 0.1) is 0 Å². The Morgan fingerprint density at radius 3 is 2.69 bits per heavy atom. The number of hydrogen-bond donors (Lipinski definition) is 1. The van der Waals surface area contributed by atoms with Crippen molar-refractivity contribution in [1.29, 1.82) is 0 Å². The zero-order valence-electron chi connectivity index (χ0n) is 8.89. The van der Waals surface area contributed by atoms with Gasteiger partial charge in [-0.3, -0.25) is 0 Å². The highest BCUT2D eigenvalue weighted by Crippen LogP contribution is 2.24. The normalized spacial score (nSPS) is 26.7. The topological polar surface area (TPSA) is 55.8 Å². The first-order valence-corrected chi connectivity index (χ1v) is 5.26. The summed E-state index contributed by atoms with van der Waals surface area (Å²) in [6.45, 7) is 0.715. The lowest BCUT2D eigenvalue weighted by atomic mass is 9.94. The van der Waals surface area contributed by atoms with Crippen LogP contribution in [-0.2, 0) is 19.9 Å². The van der Waals surface area contributed by atoms with Gasteiger partial charge in [0.2, 0.25) is 5.60 Å². The average Bonchev–Trinajstić information content (AvgIpc) is 2.32. The van der Waals surface area contributed by atoms with Crippen molar-refractivity contribution >= 4 is 5.97 Å². The first-order valence-electron chi connectivity index (χ1n) is 5.26. The molecule has 0 aliphatic carbocycles. The van der Waals surface area contributed by atoms with Gasteiger partial charge in [0.25, 0.3) is 0 Å². The number of cyclic esters (lactones) is 1. The van der Waals surface area contributed by atoms with Crippen LogP contribution < -0.4 is 0 Å². The molecule has 1 aromatic rings. The SMILES string of the molecule is O=C1OCCCOCC1(O)c1ccccc1. The van der Waals surface area contributed by atoms with Crippen LogP contribution in [0.3, 0.4) is 0 Å². The summed E-state index contributed by atoms with van der Waals surface area (Å²) in [5.74, 6) is -0.640. The van der Waals surface area contributed by atoms with E-state index < -0.39 is 11.6 Å². The molecule has 0 amide bonds. The summed E-state index contributed by atoms with van der Waals surface area (Å²) < 4.78 is 10.2. The summed E-state index contributed by atoms with van der Waals surface area (Å²) in [5.41, 5.74) is -1.18. The molecule has 1 atom stereocenters. The van der Waals surface area contributed by atoms with E-state index in [4.69, 9.17) is 9.47 Å². The number of rotatable bonds is 1. The van der Waals surface area contributed by atoms with Crippen LogP contribution in [0.25, 0.3) is 0 Å². The molecule has 0 aromatic heterocycles. The Bertz CT molecular complexity index is 363. The minimum atomic E-state index is -1.68. The Morgan fingerprint density at radius 1 is 1.19 bits per heavy atom. The van der Waals surface area contributed by atoms with Gasteiger partial charge in [-0.1, -0.05) is 30.3 Å². The molecule has 2 rings (SSSR count). The van der Waals surface area contributed by atoms with Crippen molar-refractivity contribution < 1.29 is 19.4 Å². The second kappa shape index (κ2) is 4.63. The van der Waals surface area contributed by atoms with Gasteiger partial charge in [0.15, 0.2) is 0 Å². The monoisotopic (exact) mass is 222 g/mol. The molecule has 1 N–H and O–H groups in total. The Kier molecular flexibility index (Phi) is 3.22. The van der Waals surface area contributed by atoms with E-state index in [0.29, 0.717) is 18.6 Å². The number of ether oxygens (including phenoxy) is 2. The Labute approximate surface area is 93.8 Å². The lowest BCUT2D eigenvalue weighted by Crippen LogP contribution is -2.43. The van der Waals surface area contributed by atoms with Crippen molar-refractivity contribution in [2.45, 2.75) is 12.0 Å². The highest BCUT2D eigenvalue weighted by Gasteiger charge is 2.40. The van der Waals surface area contributed by atoms with E-state index in [9.17, 15) is 9.90 Å². The molecule has 1 fully saturated rings. The van der Waals surface area contributed by atoms with Crippen LogP contribution in [0.15, 0.2) is 30.3 Å². The maximum absolute atomic E-state index is 11.7. The van der Waals surface area contributed by atoms with E-state index in [-0.39, 0.29) is 13.2 Å². The number of aliphatic hydroxyl groups is 1. The molecule has 16 heavy (non-hydrogen) atoms. The highest BCUT2D eigenvalue weighted by atomic mass is 16.6. The van der Waals surface area contributed by atoms with Crippen LogP contribution in [-0.4, -0.2) is 30.9 Å². The van der Waals surface area contributed by atoms with E-state index in [0.717, 1.165) is 0 Å².